The summed E-state index contributed by atoms with van der Waals surface area (Å²) < 4.78 is 24.1. The minimum atomic E-state index is -0.637. The molecule has 33 heavy (non-hydrogen) atoms. The molecule has 0 saturated carbocycles. The lowest BCUT2D eigenvalue weighted by Gasteiger charge is -2.37. The van der Waals surface area contributed by atoms with Crippen LogP contribution in [0.2, 0.25) is 0 Å². The largest absolute Gasteiger partial charge is 0.461 e. The molecule has 1 atom stereocenters. The number of H-pyrrole nitrogens is 1. The summed E-state index contributed by atoms with van der Waals surface area (Å²) in [6, 6.07) is 6.77. The lowest BCUT2D eigenvalue weighted by molar-refractivity contribution is -0.121. The number of aromatic nitrogens is 1. The van der Waals surface area contributed by atoms with Crippen LogP contribution in [0.25, 0.3) is 10.9 Å². The average molecular weight is 456 g/mol. The van der Waals surface area contributed by atoms with Gasteiger partial charge in [0.25, 0.3) is 5.91 Å². The van der Waals surface area contributed by atoms with Crippen LogP contribution in [0.5, 0.6) is 0 Å². The van der Waals surface area contributed by atoms with Gasteiger partial charge in [-0.2, -0.15) is 0 Å². The molecule has 1 aromatic carbocycles. The van der Waals surface area contributed by atoms with Gasteiger partial charge in [0, 0.05) is 37.1 Å². The summed E-state index contributed by atoms with van der Waals surface area (Å²) in [4.78, 5) is 44.5. The maximum absolute atomic E-state index is 13.9. The van der Waals surface area contributed by atoms with Crippen LogP contribution in [0, 0.1) is 5.82 Å². The number of amides is 2. The Kier molecular flexibility index (Phi) is 6.45. The van der Waals surface area contributed by atoms with Crippen molar-refractivity contribution in [2.45, 2.75) is 19.9 Å². The predicted molar refractivity (Wildman–Crippen MR) is 118 cm³/mol. The molecule has 10 heteroatoms. The Morgan fingerprint density at radius 1 is 1.21 bits per heavy atom. The van der Waals surface area contributed by atoms with E-state index < -0.39 is 17.8 Å². The summed E-state index contributed by atoms with van der Waals surface area (Å²) in [5, 5.41) is 3.16. The fourth-order valence-electron chi connectivity index (χ4n) is 3.91. The zero-order valence-corrected chi connectivity index (χ0v) is 18.4. The van der Waals surface area contributed by atoms with Crippen LogP contribution in [-0.4, -0.2) is 71.4 Å². The lowest BCUT2D eigenvalue weighted by Crippen LogP contribution is -2.54. The third-order valence-electron chi connectivity index (χ3n) is 5.75. The Morgan fingerprint density at radius 3 is 2.64 bits per heavy atom. The standard InChI is InChI=1S/C23H25FN4O5/c1-3-32-23(31)20-19(16-13-15(24)6-7-17(16)25-20)26-21(29)14(2)27-8-10-28(11-9-27)22(30)18-5-4-12-33-18/h4-7,12-14,25H,3,8-11H2,1-2H3,(H,26,29)/t14-/m1/s1. The summed E-state index contributed by atoms with van der Waals surface area (Å²) >= 11 is 0. The summed E-state index contributed by atoms with van der Waals surface area (Å²) in [5.41, 5.74) is 0.755. The quantitative estimate of drug-likeness (QED) is 0.553. The highest BCUT2D eigenvalue weighted by Gasteiger charge is 2.30. The van der Waals surface area contributed by atoms with Crippen molar-refractivity contribution >= 4 is 34.4 Å². The van der Waals surface area contributed by atoms with Crippen molar-refractivity contribution < 1.29 is 27.9 Å². The highest BCUT2D eigenvalue weighted by Crippen LogP contribution is 2.29. The van der Waals surface area contributed by atoms with Crippen molar-refractivity contribution in [2.24, 2.45) is 0 Å². The third kappa shape index (κ3) is 4.61. The number of carbonyl (C=O) groups is 3. The number of piperazine rings is 1. The topological polar surface area (TPSA) is 108 Å². The number of aromatic amines is 1. The van der Waals surface area contributed by atoms with Crippen molar-refractivity contribution in [1.29, 1.82) is 0 Å². The van der Waals surface area contributed by atoms with E-state index in [1.54, 1.807) is 30.9 Å². The summed E-state index contributed by atoms with van der Waals surface area (Å²) in [6.45, 7) is 5.47. The number of hydrogen-bond donors (Lipinski definition) is 2. The fraction of sp³-hybridized carbons (Fsp3) is 0.348. The van der Waals surface area contributed by atoms with E-state index in [0.717, 1.165) is 0 Å². The van der Waals surface area contributed by atoms with Gasteiger partial charge in [-0.15, -0.1) is 0 Å². The Hall–Kier alpha value is -3.66. The molecule has 174 valence electrons. The molecule has 1 fully saturated rings. The minimum Gasteiger partial charge on any atom is -0.461 e. The molecule has 0 spiro atoms. The second kappa shape index (κ2) is 9.45. The van der Waals surface area contributed by atoms with E-state index in [-0.39, 0.29) is 35.6 Å². The van der Waals surface area contributed by atoms with E-state index in [1.165, 1.54) is 24.5 Å². The van der Waals surface area contributed by atoms with Gasteiger partial charge in [-0.1, -0.05) is 0 Å². The Balaban J connectivity index is 1.47. The zero-order valence-electron chi connectivity index (χ0n) is 18.4. The number of anilines is 1. The van der Waals surface area contributed by atoms with Crippen LogP contribution in [0.15, 0.2) is 41.0 Å². The molecule has 0 radical (unpaired) electrons. The Morgan fingerprint density at radius 2 is 1.97 bits per heavy atom. The average Bonchev–Trinajstić information content (AvgIpc) is 3.47. The van der Waals surface area contributed by atoms with E-state index in [0.29, 0.717) is 37.1 Å². The van der Waals surface area contributed by atoms with Gasteiger partial charge in [0.05, 0.1) is 24.6 Å². The molecule has 0 bridgehead atoms. The van der Waals surface area contributed by atoms with Gasteiger partial charge >= 0.3 is 5.97 Å². The number of fused-ring (bicyclic) bond motifs is 1. The first-order chi connectivity index (χ1) is 15.9. The van der Waals surface area contributed by atoms with Gasteiger partial charge in [-0.05, 0) is 44.2 Å². The van der Waals surface area contributed by atoms with Gasteiger partial charge in [-0.3, -0.25) is 14.5 Å². The molecule has 2 aromatic heterocycles. The second-order valence-corrected chi connectivity index (χ2v) is 7.76. The van der Waals surface area contributed by atoms with Gasteiger partial charge in [0.15, 0.2) is 5.76 Å². The molecular formula is C23H25FN4O5. The first-order valence-corrected chi connectivity index (χ1v) is 10.7. The number of rotatable bonds is 6. The van der Waals surface area contributed by atoms with Crippen molar-refractivity contribution in [3.63, 3.8) is 0 Å². The highest BCUT2D eigenvalue weighted by atomic mass is 19.1. The molecule has 2 N–H and O–H groups in total. The van der Waals surface area contributed by atoms with Gasteiger partial charge in [-0.25, -0.2) is 9.18 Å². The minimum absolute atomic E-state index is 0.0619. The lowest BCUT2D eigenvalue weighted by atomic mass is 10.1. The smallest absolute Gasteiger partial charge is 0.356 e. The molecule has 9 nitrogen and oxygen atoms in total. The SMILES string of the molecule is CCOC(=O)c1[nH]c2ccc(F)cc2c1NC(=O)[C@@H](C)N1CCN(C(=O)c2ccco2)CC1. The predicted octanol–water partition coefficient (Wildman–Crippen LogP) is 2.86. The van der Waals surface area contributed by atoms with Crippen LogP contribution in [0.3, 0.4) is 0 Å². The van der Waals surface area contributed by atoms with E-state index in [9.17, 15) is 18.8 Å². The first kappa shape index (κ1) is 22.5. The number of nitrogens with one attached hydrogen (secondary N) is 2. The van der Waals surface area contributed by atoms with Crippen molar-refractivity contribution in [3.05, 3.63) is 53.9 Å². The maximum atomic E-state index is 13.9. The molecule has 1 aliphatic heterocycles. The van der Waals surface area contributed by atoms with Gasteiger partial charge in [0.2, 0.25) is 5.91 Å². The van der Waals surface area contributed by atoms with Crippen LogP contribution in [0.4, 0.5) is 10.1 Å². The summed E-state index contributed by atoms with van der Waals surface area (Å²) in [6.07, 6.45) is 1.46. The van der Waals surface area contributed by atoms with Crippen LogP contribution in [-0.2, 0) is 9.53 Å². The highest BCUT2D eigenvalue weighted by molar-refractivity contribution is 6.11. The number of hydrogen-bond acceptors (Lipinski definition) is 6. The van der Waals surface area contributed by atoms with Crippen LogP contribution >= 0.6 is 0 Å². The molecule has 1 aliphatic rings. The summed E-state index contributed by atoms with van der Waals surface area (Å²) in [5.74, 6) is -1.37. The number of ether oxygens (including phenoxy) is 1. The number of nitrogens with zero attached hydrogens (tertiary/aromatic N) is 2. The fourth-order valence-corrected chi connectivity index (χ4v) is 3.91. The normalized spacial score (nSPS) is 15.4. The van der Waals surface area contributed by atoms with Crippen molar-refractivity contribution in [1.82, 2.24) is 14.8 Å². The first-order valence-electron chi connectivity index (χ1n) is 10.7. The number of furan rings is 1. The van der Waals surface area contributed by atoms with E-state index in [1.807, 2.05) is 4.90 Å². The monoisotopic (exact) mass is 456 g/mol. The second-order valence-electron chi connectivity index (χ2n) is 7.76. The molecule has 2 amide bonds. The van der Waals surface area contributed by atoms with Crippen molar-refractivity contribution in [3.8, 4) is 0 Å². The van der Waals surface area contributed by atoms with E-state index in [4.69, 9.17) is 9.15 Å². The van der Waals surface area contributed by atoms with Crippen LogP contribution < -0.4 is 5.32 Å². The molecule has 0 aliphatic carbocycles. The molecule has 1 saturated heterocycles. The molecule has 4 rings (SSSR count). The molecule has 3 heterocycles. The maximum Gasteiger partial charge on any atom is 0.356 e. The molecular weight excluding hydrogens is 431 g/mol. The molecule has 3 aromatic rings. The van der Waals surface area contributed by atoms with E-state index >= 15 is 0 Å². The van der Waals surface area contributed by atoms with E-state index in [2.05, 4.69) is 10.3 Å². The third-order valence-corrected chi connectivity index (χ3v) is 5.75. The molecule has 0 unspecified atom stereocenters. The van der Waals surface area contributed by atoms with Crippen molar-refractivity contribution in [2.75, 3.05) is 38.1 Å². The number of benzene rings is 1. The number of carbonyl (C=O) groups excluding carboxylic acids is 3. The van der Waals surface area contributed by atoms with Gasteiger partial charge < -0.3 is 24.4 Å². The Labute approximate surface area is 189 Å². The number of esters is 1. The van der Waals surface area contributed by atoms with Gasteiger partial charge in [0.1, 0.15) is 11.5 Å². The summed E-state index contributed by atoms with van der Waals surface area (Å²) in [7, 11) is 0. The number of halogens is 1. The Bertz CT molecular complexity index is 1170. The van der Waals surface area contributed by atoms with Crippen LogP contribution in [0.1, 0.15) is 34.9 Å². The zero-order chi connectivity index (χ0) is 23.5.